The van der Waals surface area contributed by atoms with E-state index in [4.69, 9.17) is 0 Å². The molecular formula is C21H27N3O3S. The van der Waals surface area contributed by atoms with Gasteiger partial charge in [0.15, 0.2) is 0 Å². The highest BCUT2D eigenvalue weighted by molar-refractivity contribution is 7.89. The minimum Gasteiger partial charge on any atom is -0.355 e. The Morgan fingerprint density at radius 2 is 1.61 bits per heavy atom. The lowest BCUT2D eigenvalue weighted by Crippen LogP contribution is -2.50. The van der Waals surface area contributed by atoms with Crippen LogP contribution in [0, 0.1) is 6.92 Å². The molecule has 0 spiro atoms. The van der Waals surface area contributed by atoms with Crippen LogP contribution in [0.2, 0.25) is 0 Å². The third-order valence-corrected chi connectivity index (χ3v) is 6.86. The minimum atomic E-state index is -3.43. The summed E-state index contributed by atoms with van der Waals surface area (Å²) in [6.07, 6.45) is 0.378. The van der Waals surface area contributed by atoms with Crippen molar-refractivity contribution in [1.29, 1.82) is 0 Å². The molecule has 150 valence electrons. The van der Waals surface area contributed by atoms with E-state index < -0.39 is 10.0 Å². The lowest BCUT2D eigenvalue weighted by Gasteiger charge is -2.34. The number of aryl methyl sites for hydroxylation is 1. The van der Waals surface area contributed by atoms with Gasteiger partial charge in [-0.25, -0.2) is 8.42 Å². The van der Waals surface area contributed by atoms with Gasteiger partial charge in [-0.1, -0.05) is 48.0 Å². The van der Waals surface area contributed by atoms with Crippen molar-refractivity contribution < 1.29 is 13.2 Å². The molecule has 3 rings (SSSR count). The van der Waals surface area contributed by atoms with Crippen LogP contribution < -0.4 is 5.32 Å². The SMILES string of the molecule is Cc1ccc(S(=O)(=O)N2CCN(CCNC(=O)Cc3ccccc3)CC2)cc1. The van der Waals surface area contributed by atoms with E-state index in [-0.39, 0.29) is 5.91 Å². The molecule has 1 aliphatic heterocycles. The van der Waals surface area contributed by atoms with Crippen LogP contribution in [0.25, 0.3) is 0 Å². The molecule has 1 aliphatic rings. The number of carbonyl (C=O) groups is 1. The molecule has 7 heteroatoms. The molecule has 1 heterocycles. The molecule has 6 nitrogen and oxygen atoms in total. The Morgan fingerprint density at radius 3 is 2.25 bits per heavy atom. The third-order valence-electron chi connectivity index (χ3n) is 4.95. The van der Waals surface area contributed by atoms with Crippen molar-refractivity contribution in [3.05, 3.63) is 65.7 Å². The normalized spacial score (nSPS) is 16.0. The van der Waals surface area contributed by atoms with Gasteiger partial charge in [-0.2, -0.15) is 4.31 Å². The lowest BCUT2D eigenvalue weighted by molar-refractivity contribution is -0.120. The van der Waals surface area contributed by atoms with Crippen molar-refractivity contribution in [2.24, 2.45) is 0 Å². The zero-order valence-electron chi connectivity index (χ0n) is 16.2. The minimum absolute atomic E-state index is 0.00628. The Labute approximate surface area is 167 Å². The number of benzene rings is 2. The van der Waals surface area contributed by atoms with E-state index in [0.29, 0.717) is 44.0 Å². The molecule has 1 fully saturated rings. The van der Waals surface area contributed by atoms with Crippen molar-refractivity contribution in [1.82, 2.24) is 14.5 Å². The van der Waals surface area contributed by atoms with Crippen LogP contribution in [0.3, 0.4) is 0 Å². The van der Waals surface area contributed by atoms with Crippen LogP contribution in [0.15, 0.2) is 59.5 Å². The second-order valence-corrected chi connectivity index (χ2v) is 9.01. The zero-order valence-corrected chi connectivity index (χ0v) is 17.0. The van der Waals surface area contributed by atoms with E-state index in [1.165, 1.54) is 0 Å². The average molecular weight is 402 g/mol. The fourth-order valence-electron chi connectivity index (χ4n) is 3.25. The Hall–Kier alpha value is -2.22. The predicted molar refractivity (Wildman–Crippen MR) is 110 cm³/mol. The molecule has 0 unspecified atom stereocenters. The topological polar surface area (TPSA) is 69.7 Å². The summed E-state index contributed by atoms with van der Waals surface area (Å²) in [7, 11) is -3.43. The van der Waals surface area contributed by atoms with Crippen molar-refractivity contribution in [3.8, 4) is 0 Å². The first-order valence-electron chi connectivity index (χ1n) is 9.55. The highest BCUT2D eigenvalue weighted by Gasteiger charge is 2.28. The van der Waals surface area contributed by atoms with Gasteiger partial charge in [0.25, 0.3) is 0 Å². The first kappa shape index (κ1) is 20.5. The van der Waals surface area contributed by atoms with E-state index >= 15 is 0 Å². The number of sulfonamides is 1. The molecule has 0 aliphatic carbocycles. The second-order valence-electron chi connectivity index (χ2n) is 7.07. The molecule has 2 aromatic rings. The van der Waals surface area contributed by atoms with Gasteiger partial charge in [-0.15, -0.1) is 0 Å². The van der Waals surface area contributed by atoms with E-state index in [9.17, 15) is 13.2 Å². The summed E-state index contributed by atoms with van der Waals surface area (Å²) in [4.78, 5) is 14.5. The van der Waals surface area contributed by atoms with Gasteiger partial charge in [0.05, 0.1) is 11.3 Å². The quantitative estimate of drug-likeness (QED) is 0.766. The van der Waals surface area contributed by atoms with Crippen molar-refractivity contribution in [3.63, 3.8) is 0 Å². The molecule has 0 bridgehead atoms. The second kappa shape index (κ2) is 9.32. The van der Waals surface area contributed by atoms with Gasteiger partial charge in [0.1, 0.15) is 0 Å². The van der Waals surface area contributed by atoms with Crippen molar-refractivity contribution in [2.45, 2.75) is 18.2 Å². The summed E-state index contributed by atoms with van der Waals surface area (Å²) in [6, 6.07) is 16.6. The molecular weight excluding hydrogens is 374 g/mol. The van der Waals surface area contributed by atoms with Gasteiger partial charge in [0.2, 0.25) is 15.9 Å². The molecule has 0 saturated carbocycles. The van der Waals surface area contributed by atoms with E-state index in [2.05, 4.69) is 10.2 Å². The monoisotopic (exact) mass is 401 g/mol. The summed E-state index contributed by atoms with van der Waals surface area (Å²) in [5.41, 5.74) is 2.04. The molecule has 2 aromatic carbocycles. The van der Waals surface area contributed by atoms with E-state index in [1.807, 2.05) is 49.4 Å². The first-order chi connectivity index (χ1) is 13.4. The average Bonchev–Trinajstić information content (AvgIpc) is 2.69. The van der Waals surface area contributed by atoms with Gasteiger partial charge in [0, 0.05) is 39.3 Å². The van der Waals surface area contributed by atoms with Gasteiger partial charge < -0.3 is 5.32 Å². The van der Waals surface area contributed by atoms with Crippen LogP contribution in [-0.2, 0) is 21.2 Å². The van der Waals surface area contributed by atoms with Gasteiger partial charge in [-0.05, 0) is 24.6 Å². The van der Waals surface area contributed by atoms with E-state index in [1.54, 1.807) is 16.4 Å². The summed E-state index contributed by atoms with van der Waals surface area (Å²) in [5, 5.41) is 2.94. The van der Waals surface area contributed by atoms with Crippen molar-refractivity contribution >= 4 is 15.9 Å². The number of hydrogen-bond donors (Lipinski definition) is 1. The van der Waals surface area contributed by atoms with Crippen LogP contribution in [0.4, 0.5) is 0 Å². The molecule has 1 amide bonds. The Balaban J connectivity index is 1.41. The Bertz CT molecular complexity index is 875. The fourth-order valence-corrected chi connectivity index (χ4v) is 4.67. The van der Waals surface area contributed by atoms with Crippen LogP contribution in [0.5, 0.6) is 0 Å². The number of rotatable bonds is 7. The molecule has 28 heavy (non-hydrogen) atoms. The number of nitrogens with one attached hydrogen (secondary N) is 1. The van der Waals surface area contributed by atoms with Crippen molar-refractivity contribution in [2.75, 3.05) is 39.3 Å². The molecule has 1 saturated heterocycles. The maximum Gasteiger partial charge on any atom is 0.243 e. The maximum atomic E-state index is 12.7. The number of amides is 1. The summed E-state index contributed by atoms with van der Waals surface area (Å²) >= 11 is 0. The third kappa shape index (κ3) is 5.41. The summed E-state index contributed by atoms with van der Waals surface area (Å²) in [6.45, 7) is 5.49. The maximum absolute atomic E-state index is 12.7. The standard InChI is InChI=1S/C21H27N3O3S/c1-18-7-9-20(10-8-18)28(26,27)24-15-13-23(14-16-24)12-11-22-21(25)17-19-5-3-2-4-6-19/h2-10H,11-17H2,1H3,(H,22,25). The Morgan fingerprint density at radius 1 is 0.964 bits per heavy atom. The number of carbonyl (C=O) groups excluding carboxylic acids is 1. The first-order valence-corrected chi connectivity index (χ1v) is 11.0. The lowest BCUT2D eigenvalue weighted by atomic mass is 10.1. The highest BCUT2D eigenvalue weighted by Crippen LogP contribution is 2.18. The molecule has 0 aromatic heterocycles. The van der Waals surface area contributed by atoms with Crippen LogP contribution in [0.1, 0.15) is 11.1 Å². The van der Waals surface area contributed by atoms with E-state index in [0.717, 1.165) is 17.7 Å². The number of nitrogens with zero attached hydrogens (tertiary/aromatic N) is 2. The zero-order chi connectivity index (χ0) is 20.0. The highest BCUT2D eigenvalue weighted by atomic mass is 32.2. The fraction of sp³-hybridized carbons (Fsp3) is 0.381. The summed E-state index contributed by atoms with van der Waals surface area (Å²) < 4.78 is 27.0. The van der Waals surface area contributed by atoms with Crippen LogP contribution >= 0.6 is 0 Å². The van der Waals surface area contributed by atoms with Crippen LogP contribution in [-0.4, -0.2) is 62.8 Å². The largest absolute Gasteiger partial charge is 0.355 e. The molecule has 1 N–H and O–H groups in total. The molecule has 0 radical (unpaired) electrons. The smallest absolute Gasteiger partial charge is 0.243 e. The Kier molecular flexibility index (Phi) is 6.83. The number of piperazine rings is 1. The van der Waals surface area contributed by atoms with Gasteiger partial charge >= 0.3 is 0 Å². The van der Waals surface area contributed by atoms with Gasteiger partial charge in [-0.3, -0.25) is 9.69 Å². The summed E-state index contributed by atoms with van der Waals surface area (Å²) in [5.74, 6) is 0.00628. The molecule has 0 atom stereocenters. The predicted octanol–water partition coefficient (Wildman–Crippen LogP) is 1.66. The number of hydrogen-bond acceptors (Lipinski definition) is 4.